The summed E-state index contributed by atoms with van der Waals surface area (Å²) in [4.78, 5) is -0.139. The van der Waals surface area contributed by atoms with E-state index < -0.39 is 10.1 Å². The molecular weight excluding hydrogens is 263 g/mol. The normalized spacial score (nSPS) is 11.2. The molecule has 84 valence electrons. The van der Waals surface area contributed by atoms with Gasteiger partial charge in [-0.3, -0.25) is 0 Å². The van der Waals surface area contributed by atoms with Gasteiger partial charge < -0.3 is 4.55 Å². The van der Waals surface area contributed by atoms with Gasteiger partial charge in [0.05, 0.1) is 4.90 Å². The van der Waals surface area contributed by atoms with Crippen LogP contribution < -0.4 is 51.4 Å². The summed E-state index contributed by atoms with van der Waals surface area (Å²) in [6, 6.07) is 10.3. The number of aryl methyl sites for hydroxylation is 1. The van der Waals surface area contributed by atoms with Crippen molar-refractivity contribution in [1.29, 1.82) is 0 Å². The van der Waals surface area contributed by atoms with Gasteiger partial charge >= 0.3 is 51.4 Å². The van der Waals surface area contributed by atoms with Crippen LogP contribution in [-0.2, 0) is 16.5 Å². The van der Waals surface area contributed by atoms with Crippen molar-refractivity contribution in [2.75, 3.05) is 0 Å². The van der Waals surface area contributed by atoms with E-state index in [9.17, 15) is 13.0 Å². The van der Waals surface area contributed by atoms with E-state index in [0.717, 1.165) is 17.4 Å². The Balaban J connectivity index is 0.00000144. The molecule has 0 aliphatic rings. The Morgan fingerprint density at radius 1 is 1.18 bits per heavy atom. The maximum absolute atomic E-state index is 11.1. The van der Waals surface area contributed by atoms with Gasteiger partial charge in [0.2, 0.25) is 0 Å². The van der Waals surface area contributed by atoms with E-state index in [1.807, 2.05) is 19.1 Å². The summed E-state index contributed by atoms with van der Waals surface area (Å²) < 4.78 is 33.3. The van der Waals surface area contributed by atoms with Gasteiger partial charge in [0.1, 0.15) is 10.1 Å². The van der Waals surface area contributed by atoms with Gasteiger partial charge in [-0.2, -0.15) is 0 Å². The van der Waals surface area contributed by atoms with Crippen molar-refractivity contribution in [1.82, 2.24) is 0 Å². The fourth-order valence-electron chi connectivity index (χ4n) is 1.73. The van der Waals surface area contributed by atoms with Crippen molar-refractivity contribution in [3.05, 3.63) is 42.0 Å². The first-order chi connectivity index (χ1) is 7.52. The molecule has 2 aromatic carbocycles. The molecule has 0 N–H and O–H groups in total. The molecule has 0 aromatic heterocycles. The predicted molar refractivity (Wildman–Crippen MR) is 61.3 cm³/mol. The van der Waals surface area contributed by atoms with Crippen LogP contribution in [0.15, 0.2) is 41.3 Å². The van der Waals surface area contributed by atoms with E-state index in [2.05, 4.69) is 0 Å². The minimum Gasteiger partial charge on any atom is -0.744 e. The van der Waals surface area contributed by atoms with Crippen LogP contribution in [0.25, 0.3) is 10.8 Å². The molecule has 0 bridgehead atoms. The van der Waals surface area contributed by atoms with Gasteiger partial charge in [-0.15, -0.1) is 0 Å². The predicted octanol–water partition coefficient (Wildman–Crippen LogP) is -0.690. The summed E-state index contributed by atoms with van der Waals surface area (Å²) >= 11 is 0. The molecule has 2 rings (SSSR count). The van der Waals surface area contributed by atoms with Gasteiger partial charge in [-0.05, 0) is 34.9 Å². The fraction of sp³-hybridized carbons (Fsp3) is 0.167. The number of hydrogen-bond acceptors (Lipinski definition) is 3. The molecule has 3 nitrogen and oxygen atoms in total. The van der Waals surface area contributed by atoms with Crippen LogP contribution in [0.2, 0.25) is 0 Å². The van der Waals surface area contributed by atoms with Gasteiger partial charge in [0.15, 0.2) is 0 Å². The zero-order valence-electron chi connectivity index (χ0n) is 9.80. The summed E-state index contributed by atoms with van der Waals surface area (Å²) in [5.74, 6) is 0. The zero-order chi connectivity index (χ0) is 11.8. The van der Waals surface area contributed by atoms with E-state index in [4.69, 9.17) is 0 Å². The summed E-state index contributed by atoms with van der Waals surface area (Å²) in [5.41, 5.74) is 1.02. The van der Waals surface area contributed by atoms with Crippen LogP contribution in [0.4, 0.5) is 0 Å². The summed E-state index contributed by atoms with van der Waals surface area (Å²) in [6.07, 6.45) is 0.809. The van der Waals surface area contributed by atoms with Crippen molar-refractivity contribution >= 4 is 20.9 Å². The van der Waals surface area contributed by atoms with E-state index in [1.165, 1.54) is 6.07 Å². The Morgan fingerprint density at radius 3 is 2.47 bits per heavy atom. The van der Waals surface area contributed by atoms with Crippen LogP contribution >= 0.6 is 0 Å². The minimum atomic E-state index is -4.40. The second-order valence-corrected chi connectivity index (χ2v) is 4.97. The van der Waals surface area contributed by atoms with Crippen molar-refractivity contribution < 1.29 is 64.4 Å². The maximum Gasteiger partial charge on any atom is 1.00 e. The quantitative estimate of drug-likeness (QED) is 0.538. The molecule has 2 aromatic rings. The van der Waals surface area contributed by atoms with Crippen LogP contribution in [0.3, 0.4) is 0 Å². The fourth-order valence-corrected chi connectivity index (χ4v) is 2.42. The van der Waals surface area contributed by atoms with Crippen LogP contribution in [0.5, 0.6) is 0 Å². The first-order valence-corrected chi connectivity index (χ1v) is 6.41. The largest absolute Gasteiger partial charge is 1.00 e. The number of hydrogen-bond donors (Lipinski definition) is 0. The molecule has 0 amide bonds. The third-order valence-electron chi connectivity index (χ3n) is 2.58. The molecule has 0 saturated heterocycles. The van der Waals surface area contributed by atoms with Crippen molar-refractivity contribution in [3.8, 4) is 0 Å². The standard InChI is InChI=1S/C12H12O3S.K/c1-2-9-6-7-10-4-3-5-12(11(10)8-9)16(13,14)15;/h3-8H,2H2,1H3,(H,13,14,15);/q;+1/p-1. The molecule has 5 heteroatoms. The smallest absolute Gasteiger partial charge is 0.744 e. The third-order valence-corrected chi connectivity index (χ3v) is 3.48. The summed E-state index contributed by atoms with van der Waals surface area (Å²) in [6.45, 7) is 1.98. The first kappa shape index (κ1) is 15.3. The van der Waals surface area contributed by atoms with Gasteiger partial charge in [-0.25, -0.2) is 8.42 Å². The first-order valence-electron chi connectivity index (χ1n) is 5.00. The molecule has 0 radical (unpaired) electrons. The second-order valence-electron chi connectivity index (χ2n) is 3.62. The summed E-state index contributed by atoms with van der Waals surface area (Å²) in [5, 5.41) is 1.28. The number of fused-ring (bicyclic) bond motifs is 1. The van der Waals surface area contributed by atoms with Crippen molar-refractivity contribution in [2.24, 2.45) is 0 Å². The Bertz CT molecular complexity index is 635. The molecule has 0 aliphatic heterocycles. The Morgan fingerprint density at radius 2 is 1.88 bits per heavy atom. The molecule has 17 heavy (non-hydrogen) atoms. The van der Waals surface area contributed by atoms with Crippen LogP contribution in [0, 0.1) is 0 Å². The molecule has 0 unspecified atom stereocenters. The van der Waals surface area contributed by atoms with E-state index in [1.54, 1.807) is 18.2 Å². The maximum atomic E-state index is 11.1. The molecular formula is C12H11KO3S. The topological polar surface area (TPSA) is 57.2 Å². The second kappa shape index (κ2) is 5.93. The van der Waals surface area contributed by atoms with E-state index in [0.29, 0.717) is 5.39 Å². The molecule has 0 spiro atoms. The molecule has 0 saturated carbocycles. The molecule has 0 fully saturated rings. The van der Waals surface area contributed by atoms with E-state index in [-0.39, 0.29) is 56.3 Å². The third kappa shape index (κ3) is 3.38. The molecule has 0 atom stereocenters. The van der Waals surface area contributed by atoms with Crippen LogP contribution in [-0.4, -0.2) is 13.0 Å². The number of benzene rings is 2. The summed E-state index contributed by atoms with van der Waals surface area (Å²) in [7, 11) is -4.40. The SMILES string of the molecule is CCc1ccc2cccc(S(=O)(=O)[O-])c2c1.[K+]. The number of rotatable bonds is 2. The Kier molecular flexibility index (Phi) is 5.33. The van der Waals surface area contributed by atoms with Gasteiger partial charge in [0, 0.05) is 0 Å². The Hall–Kier alpha value is 0.246. The zero-order valence-corrected chi connectivity index (χ0v) is 13.7. The van der Waals surface area contributed by atoms with Gasteiger partial charge in [0.25, 0.3) is 0 Å². The Labute approximate surface area is 143 Å². The van der Waals surface area contributed by atoms with E-state index >= 15 is 0 Å². The average molecular weight is 274 g/mol. The monoisotopic (exact) mass is 274 g/mol. The van der Waals surface area contributed by atoms with Crippen molar-refractivity contribution in [2.45, 2.75) is 18.2 Å². The minimum absolute atomic E-state index is 0. The van der Waals surface area contributed by atoms with Crippen molar-refractivity contribution in [3.63, 3.8) is 0 Å². The van der Waals surface area contributed by atoms with Gasteiger partial charge in [-0.1, -0.05) is 31.2 Å². The average Bonchev–Trinajstić information content (AvgIpc) is 2.26. The molecule has 0 heterocycles. The van der Waals surface area contributed by atoms with Crippen LogP contribution in [0.1, 0.15) is 12.5 Å². The molecule has 0 aliphatic carbocycles.